The van der Waals surface area contributed by atoms with Gasteiger partial charge in [-0.05, 0) is 44.6 Å². The van der Waals surface area contributed by atoms with Crippen molar-refractivity contribution in [1.82, 2.24) is 10.2 Å². The van der Waals surface area contributed by atoms with Crippen molar-refractivity contribution in [1.29, 1.82) is 0 Å². The predicted octanol–water partition coefficient (Wildman–Crippen LogP) is 2.51. The van der Waals surface area contributed by atoms with Crippen LogP contribution < -0.4 is 5.32 Å². The standard InChI is InChI=1S/C16H32N2O/c1-14-6-3-4-8-16(14)17-9-10-18(2)12-15-7-5-11-19-13-15/h14-17H,3-13H2,1-2H3. The number of ether oxygens (including phenoxy) is 1. The molecule has 3 unspecified atom stereocenters. The summed E-state index contributed by atoms with van der Waals surface area (Å²) in [5, 5.41) is 3.77. The molecule has 0 amide bonds. The van der Waals surface area contributed by atoms with Crippen molar-refractivity contribution < 1.29 is 4.74 Å². The fourth-order valence-corrected chi connectivity index (χ4v) is 3.54. The van der Waals surface area contributed by atoms with E-state index in [1.807, 2.05) is 0 Å². The first-order valence-electron chi connectivity index (χ1n) is 8.25. The quantitative estimate of drug-likeness (QED) is 0.801. The highest BCUT2D eigenvalue weighted by atomic mass is 16.5. The normalized spacial score (nSPS) is 32.7. The highest BCUT2D eigenvalue weighted by Crippen LogP contribution is 2.23. The summed E-state index contributed by atoms with van der Waals surface area (Å²) >= 11 is 0. The average Bonchev–Trinajstić information content (AvgIpc) is 2.42. The number of nitrogens with zero attached hydrogens (tertiary/aromatic N) is 1. The van der Waals surface area contributed by atoms with Gasteiger partial charge >= 0.3 is 0 Å². The van der Waals surface area contributed by atoms with E-state index in [1.54, 1.807) is 0 Å². The third kappa shape index (κ3) is 5.41. The maximum atomic E-state index is 5.55. The molecule has 3 nitrogen and oxygen atoms in total. The first kappa shape index (κ1) is 15.3. The second-order valence-electron chi connectivity index (χ2n) is 6.67. The molecule has 1 aliphatic heterocycles. The molecule has 0 bridgehead atoms. The SMILES string of the molecule is CC1CCCCC1NCCN(C)CC1CCCOC1. The highest BCUT2D eigenvalue weighted by molar-refractivity contribution is 4.78. The Hall–Kier alpha value is -0.120. The third-order valence-electron chi connectivity index (χ3n) is 4.84. The maximum absolute atomic E-state index is 5.55. The first-order chi connectivity index (χ1) is 9.25. The van der Waals surface area contributed by atoms with Crippen molar-refractivity contribution in [3.8, 4) is 0 Å². The van der Waals surface area contributed by atoms with Crippen molar-refractivity contribution in [3.05, 3.63) is 0 Å². The van der Waals surface area contributed by atoms with Gasteiger partial charge in [-0.1, -0.05) is 19.8 Å². The number of likely N-dealkylation sites (N-methyl/N-ethyl adjacent to an activating group) is 1. The second kappa shape index (κ2) is 8.23. The summed E-state index contributed by atoms with van der Waals surface area (Å²) in [6.45, 7) is 7.85. The van der Waals surface area contributed by atoms with Gasteiger partial charge in [-0.15, -0.1) is 0 Å². The Morgan fingerprint density at radius 2 is 2.00 bits per heavy atom. The van der Waals surface area contributed by atoms with Crippen LogP contribution >= 0.6 is 0 Å². The molecule has 0 spiro atoms. The van der Waals surface area contributed by atoms with Crippen LogP contribution in [0.4, 0.5) is 0 Å². The number of hydrogen-bond acceptors (Lipinski definition) is 3. The lowest BCUT2D eigenvalue weighted by atomic mass is 9.86. The molecule has 112 valence electrons. The molecular formula is C16H32N2O. The molecule has 1 aliphatic carbocycles. The molecule has 2 aliphatic rings. The fourth-order valence-electron chi connectivity index (χ4n) is 3.54. The van der Waals surface area contributed by atoms with Gasteiger partial charge in [0.2, 0.25) is 0 Å². The summed E-state index contributed by atoms with van der Waals surface area (Å²) in [5.41, 5.74) is 0. The molecule has 2 rings (SSSR count). The zero-order chi connectivity index (χ0) is 13.5. The van der Waals surface area contributed by atoms with Gasteiger partial charge in [-0.3, -0.25) is 0 Å². The van der Waals surface area contributed by atoms with E-state index in [2.05, 4.69) is 24.2 Å². The van der Waals surface area contributed by atoms with Crippen LogP contribution in [0.15, 0.2) is 0 Å². The van der Waals surface area contributed by atoms with Crippen LogP contribution in [0, 0.1) is 11.8 Å². The molecule has 3 heteroatoms. The summed E-state index contributed by atoms with van der Waals surface area (Å²) in [5.74, 6) is 1.62. The van der Waals surface area contributed by atoms with Crippen LogP contribution in [-0.2, 0) is 4.74 Å². The van der Waals surface area contributed by atoms with E-state index < -0.39 is 0 Å². The Balaban J connectivity index is 1.56. The molecule has 1 saturated carbocycles. The van der Waals surface area contributed by atoms with Gasteiger partial charge in [-0.2, -0.15) is 0 Å². The van der Waals surface area contributed by atoms with Gasteiger partial charge in [0.05, 0.1) is 6.61 Å². The molecule has 1 heterocycles. The lowest BCUT2D eigenvalue weighted by Gasteiger charge is -2.31. The monoisotopic (exact) mass is 268 g/mol. The Bertz CT molecular complexity index is 241. The van der Waals surface area contributed by atoms with Gasteiger partial charge < -0.3 is 15.0 Å². The predicted molar refractivity (Wildman–Crippen MR) is 80.5 cm³/mol. The highest BCUT2D eigenvalue weighted by Gasteiger charge is 2.20. The smallest absolute Gasteiger partial charge is 0.0506 e. The van der Waals surface area contributed by atoms with Gasteiger partial charge in [0, 0.05) is 32.3 Å². The number of rotatable bonds is 6. The summed E-state index contributed by atoms with van der Waals surface area (Å²) in [6, 6.07) is 0.764. The Kier molecular flexibility index (Phi) is 6.62. The van der Waals surface area contributed by atoms with Crippen molar-refractivity contribution in [3.63, 3.8) is 0 Å². The van der Waals surface area contributed by atoms with Gasteiger partial charge in [0.1, 0.15) is 0 Å². The number of nitrogens with one attached hydrogen (secondary N) is 1. The van der Waals surface area contributed by atoms with Crippen LogP contribution in [0.3, 0.4) is 0 Å². The van der Waals surface area contributed by atoms with E-state index in [1.165, 1.54) is 51.6 Å². The molecule has 1 N–H and O–H groups in total. The van der Waals surface area contributed by atoms with Gasteiger partial charge in [-0.25, -0.2) is 0 Å². The Morgan fingerprint density at radius 1 is 1.16 bits per heavy atom. The maximum Gasteiger partial charge on any atom is 0.0506 e. The van der Waals surface area contributed by atoms with Crippen LogP contribution in [0.2, 0.25) is 0 Å². The van der Waals surface area contributed by atoms with E-state index in [-0.39, 0.29) is 0 Å². The summed E-state index contributed by atoms with van der Waals surface area (Å²) in [4.78, 5) is 2.47. The van der Waals surface area contributed by atoms with Crippen LogP contribution in [0.1, 0.15) is 45.4 Å². The van der Waals surface area contributed by atoms with Gasteiger partial charge in [0.15, 0.2) is 0 Å². The van der Waals surface area contributed by atoms with E-state index in [0.717, 1.165) is 37.6 Å². The average molecular weight is 268 g/mol. The van der Waals surface area contributed by atoms with Gasteiger partial charge in [0.25, 0.3) is 0 Å². The molecule has 0 aromatic carbocycles. The van der Waals surface area contributed by atoms with Crippen molar-refractivity contribution in [2.24, 2.45) is 11.8 Å². The van der Waals surface area contributed by atoms with Crippen LogP contribution in [0.5, 0.6) is 0 Å². The molecular weight excluding hydrogens is 236 g/mol. The molecule has 19 heavy (non-hydrogen) atoms. The van der Waals surface area contributed by atoms with Crippen LogP contribution in [-0.4, -0.2) is 50.8 Å². The molecule has 2 fully saturated rings. The fraction of sp³-hybridized carbons (Fsp3) is 1.00. The summed E-state index contributed by atoms with van der Waals surface area (Å²) in [7, 11) is 2.25. The second-order valence-corrected chi connectivity index (χ2v) is 6.67. The zero-order valence-corrected chi connectivity index (χ0v) is 12.9. The van der Waals surface area contributed by atoms with Crippen LogP contribution in [0.25, 0.3) is 0 Å². The van der Waals surface area contributed by atoms with E-state index in [0.29, 0.717) is 0 Å². The molecule has 0 aromatic rings. The first-order valence-corrected chi connectivity index (χ1v) is 8.25. The summed E-state index contributed by atoms with van der Waals surface area (Å²) in [6.07, 6.45) is 8.22. The van der Waals surface area contributed by atoms with Crippen molar-refractivity contribution >= 4 is 0 Å². The minimum Gasteiger partial charge on any atom is -0.381 e. The van der Waals surface area contributed by atoms with E-state index >= 15 is 0 Å². The minimum absolute atomic E-state index is 0.757. The zero-order valence-electron chi connectivity index (χ0n) is 12.9. The molecule has 0 radical (unpaired) electrons. The largest absolute Gasteiger partial charge is 0.381 e. The molecule has 0 aromatic heterocycles. The molecule has 1 saturated heterocycles. The lowest BCUT2D eigenvalue weighted by Crippen LogP contribution is -2.42. The summed E-state index contributed by atoms with van der Waals surface area (Å²) < 4.78 is 5.55. The lowest BCUT2D eigenvalue weighted by molar-refractivity contribution is 0.0420. The van der Waals surface area contributed by atoms with E-state index in [9.17, 15) is 0 Å². The van der Waals surface area contributed by atoms with Crippen molar-refractivity contribution in [2.75, 3.05) is 39.9 Å². The Morgan fingerprint density at radius 3 is 2.74 bits per heavy atom. The van der Waals surface area contributed by atoms with E-state index in [4.69, 9.17) is 4.74 Å². The number of hydrogen-bond donors (Lipinski definition) is 1. The topological polar surface area (TPSA) is 24.5 Å². The third-order valence-corrected chi connectivity index (χ3v) is 4.84. The van der Waals surface area contributed by atoms with Crippen molar-refractivity contribution in [2.45, 2.75) is 51.5 Å². The Labute approximate surface area is 119 Å². The minimum atomic E-state index is 0.757. The molecule has 3 atom stereocenters.